The zero-order valence-electron chi connectivity index (χ0n) is 10.9. The van der Waals surface area contributed by atoms with Crippen molar-refractivity contribution >= 4 is 12.3 Å². The molecular formula is C14H19N3O2. The zero-order chi connectivity index (χ0) is 13.5. The molecule has 0 saturated carbocycles. The van der Waals surface area contributed by atoms with E-state index >= 15 is 0 Å². The Kier molecular flexibility index (Phi) is 4.92. The number of rotatable bonds is 6. The Labute approximate surface area is 112 Å². The van der Waals surface area contributed by atoms with E-state index in [0.29, 0.717) is 25.1 Å². The molecule has 19 heavy (non-hydrogen) atoms. The van der Waals surface area contributed by atoms with E-state index in [1.165, 1.54) is 11.1 Å². The van der Waals surface area contributed by atoms with E-state index in [2.05, 4.69) is 16.0 Å². The number of fused-ring (bicyclic) bond motifs is 1. The van der Waals surface area contributed by atoms with Crippen LogP contribution in [0.25, 0.3) is 0 Å². The van der Waals surface area contributed by atoms with E-state index in [1.54, 1.807) is 0 Å². The minimum Gasteiger partial charge on any atom is -0.359 e. The molecule has 1 heterocycles. The highest BCUT2D eigenvalue weighted by molar-refractivity contribution is 5.94. The highest BCUT2D eigenvalue weighted by Crippen LogP contribution is 2.15. The van der Waals surface area contributed by atoms with Gasteiger partial charge in [-0.2, -0.15) is 0 Å². The van der Waals surface area contributed by atoms with E-state index in [-0.39, 0.29) is 5.91 Å². The molecule has 0 saturated heterocycles. The fourth-order valence-electron chi connectivity index (χ4n) is 2.17. The molecular weight excluding hydrogens is 242 g/mol. The topological polar surface area (TPSA) is 70.2 Å². The lowest BCUT2D eigenvalue weighted by atomic mass is 9.98. The van der Waals surface area contributed by atoms with Crippen LogP contribution in [0.15, 0.2) is 18.2 Å². The van der Waals surface area contributed by atoms with Crippen molar-refractivity contribution in [2.75, 3.05) is 19.6 Å². The van der Waals surface area contributed by atoms with Gasteiger partial charge in [-0.05, 0) is 42.6 Å². The van der Waals surface area contributed by atoms with Gasteiger partial charge in [-0.1, -0.05) is 6.07 Å². The van der Waals surface area contributed by atoms with Crippen molar-refractivity contribution < 1.29 is 9.59 Å². The molecule has 0 bridgehead atoms. The Morgan fingerprint density at radius 1 is 1.32 bits per heavy atom. The monoisotopic (exact) mass is 261 g/mol. The standard InChI is InChI=1S/C14H19N3O2/c18-10-16-5-1-6-17-14(19)12-2-3-13-9-15-7-4-11(13)8-12/h2-3,8,10,15H,1,4-7,9H2,(H,16,18)(H,17,19). The highest BCUT2D eigenvalue weighted by Gasteiger charge is 2.11. The first kappa shape index (κ1) is 13.5. The van der Waals surface area contributed by atoms with E-state index in [1.807, 2.05) is 18.2 Å². The van der Waals surface area contributed by atoms with Crippen molar-refractivity contribution in [2.45, 2.75) is 19.4 Å². The molecule has 0 aromatic heterocycles. The molecule has 5 heteroatoms. The lowest BCUT2D eigenvalue weighted by Crippen LogP contribution is -2.28. The third kappa shape index (κ3) is 3.79. The van der Waals surface area contributed by atoms with Crippen LogP contribution >= 0.6 is 0 Å². The molecule has 0 fully saturated rings. The first-order chi connectivity index (χ1) is 9.31. The number of carbonyl (C=O) groups excluding carboxylic acids is 2. The maximum atomic E-state index is 11.9. The number of hydrogen-bond acceptors (Lipinski definition) is 3. The smallest absolute Gasteiger partial charge is 0.251 e. The number of carbonyl (C=O) groups is 2. The van der Waals surface area contributed by atoms with Crippen LogP contribution in [-0.2, 0) is 17.8 Å². The molecule has 1 aliphatic heterocycles. The van der Waals surface area contributed by atoms with Gasteiger partial charge in [-0.3, -0.25) is 9.59 Å². The van der Waals surface area contributed by atoms with Gasteiger partial charge in [-0.25, -0.2) is 0 Å². The predicted octanol–water partition coefficient (Wildman–Crippen LogP) is 0.198. The minimum absolute atomic E-state index is 0.0487. The Morgan fingerprint density at radius 2 is 2.21 bits per heavy atom. The molecule has 3 N–H and O–H groups in total. The number of nitrogens with one attached hydrogen (secondary N) is 3. The summed E-state index contributed by atoms with van der Waals surface area (Å²) < 4.78 is 0. The van der Waals surface area contributed by atoms with Crippen LogP contribution in [0.2, 0.25) is 0 Å². The number of benzene rings is 1. The predicted molar refractivity (Wildman–Crippen MR) is 72.9 cm³/mol. The zero-order valence-corrected chi connectivity index (χ0v) is 10.9. The van der Waals surface area contributed by atoms with Gasteiger partial charge >= 0.3 is 0 Å². The second-order valence-corrected chi connectivity index (χ2v) is 4.59. The third-order valence-electron chi connectivity index (χ3n) is 3.22. The van der Waals surface area contributed by atoms with Crippen LogP contribution in [0.1, 0.15) is 27.9 Å². The molecule has 1 aliphatic rings. The number of hydrogen-bond donors (Lipinski definition) is 3. The molecule has 2 rings (SSSR count). The summed E-state index contributed by atoms with van der Waals surface area (Å²) in [7, 11) is 0. The summed E-state index contributed by atoms with van der Waals surface area (Å²) in [6, 6.07) is 5.87. The lowest BCUT2D eigenvalue weighted by molar-refractivity contribution is -0.109. The van der Waals surface area contributed by atoms with Crippen LogP contribution in [-0.4, -0.2) is 32.0 Å². The Balaban J connectivity index is 1.87. The average Bonchev–Trinajstić information content (AvgIpc) is 2.46. The van der Waals surface area contributed by atoms with Crippen molar-refractivity contribution in [3.05, 3.63) is 34.9 Å². The normalized spacial score (nSPS) is 13.5. The van der Waals surface area contributed by atoms with E-state index < -0.39 is 0 Å². The number of amides is 2. The highest BCUT2D eigenvalue weighted by atomic mass is 16.1. The van der Waals surface area contributed by atoms with E-state index in [0.717, 1.165) is 25.9 Å². The Morgan fingerprint density at radius 3 is 3.05 bits per heavy atom. The van der Waals surface area contributed by atoms with Gasteiger partial charge in [-0.15, -0.1) is 0 Å². The SMILES string of the molecule is O=CNCCCNC(=O)c1ccc2c(c1)CCNC2. The van der Waals surface area contributed by atoms with E-state index in [9.17, 15) is 9.59 Å². The van der Waals surface area contributed by atoms with Gasteiger partial charge in [0.25, 0.3) is 5.91 Å². The van der Waals surface area contributed by atoms with Crippen molar-refractivity contribution in [3.8, 4) is 0 Å². The maximum Gasteiger partial charge on any atom is 0.251 e. The van der Waals surface area contributed by atoms with Gasteiger partial charge in [0, 0.05) is 25.2 Å². The summed E-state index contributed by atoms with van der Waals surface area (Å²) in [6.45, 7) is 3.00. The minimum atomic E-state index is -0.0487. The first-order valence-corrected chi connectivity index (χ1v) is 6.59. The summed E-state index contributed by atoms with van der Waals surface area (Å²) in [5, 5.41) is 8.73. The second kappa shape index (κ2) is 6.89. The maximum absolute atomic E-state index is 11.9. The fourth-order valence-corrected chi connectivity index (χ4v) is 2.17. The molecule has 1 aromatic rings. The van der Waals surface area contributed by atoms with Crippen molar-refractivity contribution in [1.29, 1.82) is 0 Å². The van der Waals surface area contributed by atoms with Crippen LogP contribution in [0.4, 0.5) is 0 Å². The van der Waals surface area contributed by atoms with Gasteiger partial charge in [0.2, 0.25) is 6.41 Å². The van der Waals surface area contributed by atoms with Gasteiger partial charge in [0.1, 0.15) is 0 Å². The van der Waals surface area contributed by atoms with Crippen LogP contribution in [0.5, 0.6) is 0 Å². The molecule has 0 aliphatic carbocycles. The second-order valence-electron chi connectivity index (χ2n) is 4.59. The third-order valence-corrected chi connectivity index (χ3v) is 3.22. The van der Waals surface area contributed by atoms with Gasteiger partial charge < -0.3 is 16.0 Å². The summed E-state index contributed by atoms with van der Waals surface area (Å²) >= 11 is 0. The van der Waals surface area contributed by atoms with Crippen LogP contribution < -0.4 is 16.0 Å². The largest absolute Gasteiger partial charge is 0.359 e. The molecule has 0 atom stereocenters. The van der Waals surface area contributed by atoms with Crippen molar-refractivity contribution in [2.24, 2.45) is 0 Å². The van der Waals surface area contributed by atoms with Crippen LogP contribution in [0, 0.1) is 0 Å². The van der Waals surface area contributed by atoms with Gasteiger partial charge in [0.15, 0.2) is 0 Å². The first-order valence-electron chi connectivity index (χ1n) is 6.59. The van der Waals surface area contributed by atoms with Crippen molar-refractivity contribution in [3.63, 3.8) is 0 Å². The molecule has 5 nitrogen and oxygen atoms in total. The quantitative estimate of drug-likeness (QED) is 0.506. The van der Waals surface area contributed by atoms with E-state index in [4.69, 9.17) is 0 Å². The summed E-state index contributed by atoms with van der Waals surface area (Å²) in [4.78, 5) is 22.0. The summed E-state index contributed by atoms with van der Waals surface area (Å²) in [6.07, 6.45) is 2.37. The molecule has 0 spiro atoms. The lowest BCUT2D eigenvalue weighted by Gasteiger charge is -2.17. The van der Waals surface area contributed by atoms with Gasteiger partial charge in [0.05, 0.1) is 0 Å². The van der Waals surface area contributed by atoms with Crippen LogP contribution in [0.3, 0.4) is 0 Å². The van der Waals surface area contributed by atoms with Crippen molar-refractivity contribution in [1.82, 2.24) is 16.0 Å². The fraction of sp³-hybridized carbons (Fsp3) is 0.429. The average molecular weight is 261 g/mol. The Bertz CT molecular complexity index is 460. The molecule has 1 aromatic carbocycles. The molecule has 102 valence electrons. The molecule has 0 radical (unpaired) electrons. The summed E-state index contributed by atoms with van der Waals surface area (Å²) in [5.74, 6) is -0.0487. The molecule has 2 amide bonds. The summed E-state index contributed by atoms with van der Waals surface area (Å²) in [5.41, 5.74) is 3.25. The molecule has 0 unspecified atom stereocenters. The Hall–Kier alpha value is -1.88.